The van der Waals surface area contributed by atoms with Crippen LogP contribution in [0.2, 0.25) is 0 Å². The molecule has 0 bridgehead atoms. The van der Waals surface area contributed by atoms with E-state index in [1.807, 2.05) is 0 Å². The van der Waals surface area contributed by atoms with E-state index in [2.05, 4.69) is 15.5 Å². The summed E-state index contributed by atoms with van der Waals surface area (Å²) in [6.45, 7) is 1.64. The van der Waals surface area contributed by atoms with Crippen LogP contribution in [0.25, 0.3) is 0 Å². The first-order valence-electron chi connectivity index (χ1n) is 5.37. The number of hydroxylamine groups is 1. The van der Waals surface area contributed by atoms with Gasteiger partial charge in [0.05, 0.1) is 12.8 Å². The number of nitrogens with zero attached hydrogens (tertiary/aromatic N) is 3. The van der Waals surface area contributed by atoms with Crippen LogP contribution < -0.4 is 10.6 Å². The van der Waals surface area contributed by atoms with Crippen molar-refractivity contribution in [3.05, 3.63) is 21.8 Å². The highest BCUT2D eigenvalue weighted by molar-refractivity contribution is 5.80. The molecule has 1 aliphatic heterocycles. The number of rotatable bonds is 0. The molecule has 0 amide bonds. The molecule has 1 aromatic heterocycles. The molecule has 0 fully saturated rings. The van der Waals surface area contributed by atoms with Gasteiger partial charge in [-0.25, -0.2) is 0 Å². The van der Waals surface area contributed by atoms with Crippen molar-refractivity contribution >= 4 is 5.71 Å². The quantitative estimate of drug-likeness (QED) is 0.392. The summed E-state index contributed by atoms with van der Waals surface area (Å²) in [5.74, 6) is 0. The number of fused-ring (bicyclic) bond motifs is 3. The van der Waals surface area contributed by atoms with Crippen molar-refractivity contribution in [2.24, 2.45) is 0 Å². The van der Waals surface area contributed by atoms with Crippen LogP contribution in [0.5, 0.6) is 0 Å². The van der Waals surface area contributed by atoms with Crippen LogP contribution in [-0.4, -0.2) is 26.4 Å². The predicted molar refractivity (Wildman–Crippen MR) is 52.2 cm³/mol. The number of aliphatic hydroxyl groups is 1. The summed E-state index contributed by atoms with van der Waals surface area (Å²) in [6.07, 6.45) is 0.737. The first kappa shape index (κ1) is 10.5. The Kier molecular flexibility index (Phi) is 1.71. The van der Waals surface area contributed by atoms with E-state index in [0.717, 1.165) is 4.74 Å². The second-order valence-corrected chi connectivity index (χ2v) is 4.82. The number of hydrogen-bond donors (Lipinski definition) is 2. The van der Waals surface area contributed by atoms with Crippen LogP contribution in [0.4, 0.5) is 0 Å². The molecule has 0 saturated carbocycles. The van der Waals surface area contributed by atoms with Gasteiger partial charge in [0.25, 0.3) is 11.3 Å². The van der Waals surface area contributed by atoms with Crippen molar-refractivity contribution < 1.29 is 25.1 Å². The fourth-order valence-electron chi connectivity index (χ4n) is 2.87. The third-order valence-corrected chi connectivity index (χ3v) is 3.88. The van der Waals surface area contributed by atoms with Gasteiger partial charge >= 0.3 is 5.66 Å². The van der Waals surface area contributed by atoms with Gasteiger partial charge in [-0.2, -0.15) is 4.74 Å². The number of hydrogen-bond acceptors (Lipinski definition) is 5. The van der Waals surface area contributed by atoms with Gasteiger partial charge in [0, 0.05) is 18.5 Å². The highest BCUT2D eigenvalue weighted by Crippen LogP contribution is 2.44. The largest absolute Gasteiger partial charge is 0.619 e. The topological polar surface area (TPSA) is 127 Å². The van der Waals surface area contributed by atoms with Gasteiger partial charge in [0.1, 0.15) is 0 Å². The fourth-order valence-corrected chi connectivity index (χ4v) is 2.87. The molecule has 8 nitrogen and oxygen atoms in total. The Morgan fingerprint density at radius 3 is 2.94 bits per heavy atom. The normalized spacial score (nSPS) is 35.9. The van der Waals surface area contributed by atoms with Gasteiger partial charge in [-0.3, -0.25) is 10.4 Å². The minimum atomic E-state index is -1.54. The van der Waals surface area contributed by atoms with E-state index >= 15 is 0 Å². The van der Waals surface area contributed by atoms with Gasteiger partial charge in [0.2, 0.25) is 5.69 Å². The summed E-state index contributed by atoms with van der Waals surface area (Å²) in [5, 5.41) is 37.6. The Morgan fingerprint density at radius 1 is 1.53 bits per heavy atom. The molecule has 4 N–H and O–H groups in total. The zero-order valence-electron chi connectivity index (χ0n) is 9.34. The maximum absolute atomic E-state index is 12.0. The molecule has 0 saturated heterocycles. The van der Waals surface area contributed by atoms with Crippen LogP contribution in [-0.2, 0) is 12.0 Å². The minimum Gasteiger partial charge on any atom is -0.619 e. The molecule has 2 heterocycles. The molecule has 17 heavy (non-hydrogen) atoms. The lowest BCUT2D eigenvalue weighted by Gasteiger charge is -2.32. The van der Waals surface area contributed by atoms with Gasteiger partial charge in [-0.15, -0.1) is 0 Å². The van der Waals surface area contributed by atoms with Crippen LogP contribution in [0.15, 0.2) is 4.63 Å². The van der Waals surface area contributed by atoms with Crippen molar-refractivity contribution in [3.63, 3.8) is 0 Å². The monoisotopic (exact) mass is 241 g/mol. The van der Waals surface area contributed by atoms with E-state index in [1.165, 1.54) is 0 Å². The van der Waals surface area contributed by atoms with E-state index in [-0.39, 0.29) is 22.7 Å². The van der Waals surface area contributed by atoms with Gasteiger partial charge in [-0.1, -0.05) is 0 Å². The highest BCUT2D eigenvalue weighted by Gasteiger charge is 2.72. The van der Waals surface area contributed by atoms with Crippen molar-refractivity contribution in [2.75, 3.05) is 0 Å². The van der Waals surface area contributed by atoms with Crippen molar-refractivity contribution in [2.45, 2.75) is 37.5 Å². The predicted octanol–water partition coefficient (Wildman–Crippen LogP) is -2.25. The summed E-state index contributed by atoms with van der Waals surface area (Å²) < 4.78 is 5.24. The minimum absolute atomic E-state index is 0.125. The Bertz CT molecular complexity index is 539. The molecular formula is C9H13N4O4+. The lowest BCUT2D eigenvalue weighted by molar-refractivity contribution is -0.810. The summed E-state index contributed by atoms with van der Waals surface area (Å²) in [5.41, 5.74) is 2.02. The highest BCUT2D eigenvalue weighted by atomic mass is 16.8. The second-order valence-electron chi connectivity index (χ2n) is 4.82. The molecule has 0 unspecified atom stereocenters. The molecule has 92 valence electrons. The fraction of sp³-hybridized carbons (Fsp3) is 0.667. The molecule has 0 radical (unpaired) electrons. The van der Waals surface area contributed by atoms with Crippen molar-refractivity contribution in [1.29, 1.82) is 0 Å². The van der Waals surface area contributed by atoms with Crippen LogP contribution in [0.3, 0.4) is 0 Å². The Morgan fingerprint density at radius 2 is 2.24 bits per heavy atom. The number of quaternary nitrogens is 1. The molecule has 0 spiro atoms. The Labute approximate surface area is 96.1 Å². The van der Waals surface area contributed by atoms with Crippen LogP contribution in [0, 0.1) is 10.4 Å². The lowest BCUT2D eigenvalue weighted by atomic mass is 9.76. The molecule has 2 atom stereocenters. The molecule has 8 heteroatoms. The molecule has 0 aromatic carbocycles. The second kappa shape index (κ2) is 2.77. The summed E-state index contributed by atoms with van der Waals surface area (Å²) in [7, 11) is 0. The number of aromatic nitrogens is 2. The lowest BCUT2D eigenvalue weighted by Crippen LogP contribution is -2.84. The molecular weight excluding hydrogens is 228 g/mol. The van der Waals surface area contributed by atoms with E-state index in [4.69, 9.17) is 0 Å². The zero-order chi connectivity index (χ0) is 12.4. The first-order valence-corrected chi connectivity index (χ1v) is 5.37. The third kappa shape index (κ3) is 0.973. The average Bonchev–Trinajstić information content (AvgIpc) is 2.72. The Balaban J connectivity index is 2.23. The zero-order valence-corrected chi connectivity index (χ0v) is 9.34. The molecule has 1 aromatic rings. The van der Waals surface area contributed by atoms with E-state index in [0.29, 0.717) is 18.6 Å². The van der Waals surface area contributed by atoms with Gasteiger partial charge in [0.15, 0.2) is 5.71 Å². The summed E-state index contributed by atoms with van der Waals surface area (Å²) in [6, 6.07) is 0. The van der Waals surface area contributed by atoms with Crippen molar-refractivity contribution in [3.8, 4) is 0 Å². The van der Waals surface area contributed by atoms with E-state index < -0.39 is 11.3 Å². The molecule has 1 aliphatic carbocycles. The van der Waals surface area contributed by atoms with Crippen LogP contribution in [0.1, 0.15) is 31.2 Å². The van der Waals surface area contributed by atoms with Crippen molar-refractivity contribution in [1.82, 2.24) is 5.16 Å². The smallest absolute Gasteiger partial charge is 0.332 e. The first-order chi connectivity index (χ1) is 7.90. The SMILES string of the molecule is CC1=[N+]([O-])[C@@]2([NH3+])CCc3c(no[n+]3[O-])[C@]2(O)C1. The van der Waals surface area contributed by atoms with Gasteiger partial charge in [-0.05, 0) is 4.90 Å². The average molecular weight is 241 g/mol. The standard InChI is InChI=1S/C9H12N4O4/c1-5-4-8(14)7-6(13(16)17-11-7)2-3-9(8,10)12(5)15/h14H,2-4,10H2,1H3/p+1/t8-,9+/m1/s1. The summed E-state index contributed by atoms with van der Waals surface area (Å²) in [4.78, 5) is 0.287. The molecule has 3 rings (SSSR count). The third-order valence-electron chi connectivity index (χ3n) is 3.88. The van der Waals surface area contributed by atoms with Gasteiger partial charge < -0.3 is 15.5 Å². The summed E-state index contributed by atoms with van der Waals surface area (Å²) >= 11 is 0. The molecule has 2 aliphatic rings. The maximum Gasteiger partial charge on any atom is 0.332 e. The Hall–Kier alpha value is -1.67. The van der Waals surface area contributed by atoms with Crippen LogP contribution >= 0.6 is 0 Å². The van der Waals surface area contributed by atoms with E-state index in [1.54, 1.807) is 6.92 Å². The maximum atomic E-state index is 12.0. The van der Waals surface area contributed by atoms with E-state index in [9.17, 15) is 15.5 Å².